The number of ether oxygens (including phenoxy) is 2. The number of amides is 1. The first-order valence-electron chi connectivity index (χ1n) is 9.12. The van der Waals surface area contributed by atoms with Gasteiger partial charge in [0.05, 0.1) is 27.7 Å². The smallest absolute Gasteiger partial charge is 0.294 e. The highest BCUT2D eigenvalue weighted by atomic mass is 79.9. The Hall–Kier alpha value is -2.56. The summed E-state index contributed by atoms with van der Waals surface area (Å²) in [5, 5.41) is 18.3. The Morgan fingerprint density at radius 2 is 2.06 bits per heavy atom. The van der Waals surface area contributed by atoms with Crippen molar-refractivity contribution in [2.24, 2.45) is 0 Å². The van der Waals surface area contributed by atoms with Crippen molar-refractivity contribution in [3.8, 4) is 28.6 Å². The number of nitrogens with zero attached hydrogens (tertiary/aromatic N) is 4. The second-order valence-electron chi connectivity index (χ2n) is 6.85. The van der Waals surface area contributed by atoms with E-state index in [-0.39, 0.29) is 23.6 Å². The van der Waals surface area contributed by atoms with E-state index in [1.165, 1.54) is 23.4 Å². The van der Waals surface area contributed by atoms with E-state index in [9.17, 15) is 9.90 Å². The molecule has 0 saturated carbocycles. The van der Waals surface area contributed by atoms with Gasteiger partial charge in [0, 0.05) is 22.6 Å². The van der Waals surface area contributed by atoms with Crippen molar-refractivity contribution in [2.75, 3.05) is 17.9 Å². The molecule has 3 aromatic rings. The van der Waals surface area contributed by atoms with Gasteiger partial charge in [-0.1, -0.05) is 44.0 Å². The van der Waals surface area contributed by atoms with Crippen LogP contribution in [0.15, 0.2) is 40.0 Å². The lowest BCUT2D eigenvalue weighted by molar-refractivity contribution is -0.764. The molecule has 2 aliphatic heterocycles. The van der Waals surface area contributed by atoms with Crippen LogP contribution >= 0.6 is 39.3 Å². The normalized spacial score (nSPS) is 16.1. The average molecular weight is 522 g/mol. The molecule has 2 aromatic carbocycles. The molecule has 8 nitrogen and oxygen atoms in total. The van der Waals surface area contributed by atoms with Crippen molar-refractivity contribution in [2.45, 2.75) is 18.2 Å². The summed E-state index contributed by atoms with van der Waals surface area (Å²) >= 11 is 11.3. The summed E-state index contributed by atoms with van der Waals surface area (Å²) < 4.78 is 13.2. The number of benzene rings is 2. The highest BCUT2D eigenvalue weighted by Crippen LogP contribution is 2.45. The number of hydrogen-bond donors (Lipinski definition) is 0. The summed E-state index contributed by atoms with van der Waals surface area (Å²) in [6.07, 6.45) is 0.963. The zero-order valence-electron chi connectivity index (χ0n) is 16.3. The van der Waals surface area contributed by atoms with E-state index in [2.05, 4.69) is 26.0 Å². The number of rotatable bonds is 2. The third kappa shape index (κ3) is 3.20. The van der Waals surface area contributed by atoms with Crippen LogP contribution in [0.5, 0.6) is 17.4 Å². The van der Waals surface area contributed by atoms with Crippen LogP contribution in [0.2, 0.25) is 5.02 Å². The van der Waals surface area contributed by atoms with Crippen LogP contribution in [0.25, 0.3) is 11.3 Å². The van der Waals surface area contributed by atoms with Gasteiger partial charge in [0.25, 0.3) is 17.0 Å². The van der Waals surface area contributed by atoms with E-state index >= 15 is 0 Å². The summed E-state index contributed by atoms with van der Waals surface area (Å²) in [7, 11) is 0. The molecule has 0 saturated heterocycles. The summed E-state index contributed by atoms with van der Waals surface area (Å²) in [4.78, 5) is 18.6. The summed E-state index contributed by atoms with van der Waals surface area (Å²) in [6, 6.07) is 8.73. The van der Waals surface area contributed by atoms with E-state index in [0.29, 0.717) is 33.3 Å². The molecular weight excluding hydrogens is 508 g/mol. The maximum absolute atomic E-state index is 13.1. The fourth-order valence-corrected chi connectivity index (χ4v) is 4.75. The minimum absolute atomic E-state index is 0.0836. The van der Waals surface area contributed by atoms with Crippen LogP contribution in [0.4, 0.5) is 5.69 Å². The van der Waals surface area contributed by atoms with Crippen molar-refractivity contribution in [1.29, 1.82) is 0 Å². The number of carbonyl (C=O) groups is 1. The first-order valence-corrected chi connectivity index (χ1v) is 11.5. The monoisotopic (exact) mass is 520 g/mol. The Morgan fingerprint density at radius 3 is 2.77 bits per heavy atom. The average Bonchev–Trinajstić information content (AvgIpc) is 3.18. The lowest BCUT2D eigenvalue weighted by Gasteiger charge is -2.33. The van der Waals surface area contributed by atoms with Gasteiger partial charge in [-0.15, -0.1) is 0 Å². The number of fused-ring (bicyclic) bond motifs is 4. The van der Waals surface area contributed by atoms with Gasteiger partial charge in [0.1, 0.15) is 0 Å². The largest absolute Gasteiger partial charge is 0.854 e. The predicted octanol–water partition coefficient (Wildman–Crippen LogP) is 3.28. The van der Waals surface area contributed by atoms with E-state index in [1.54, 1.807) is 35.4 Å². The van der Waals surface area contributed by atoms with Crippen molar-refractivity contribution in [3.63, 3.8) is 0 Å². The first kappa shape index (κ1) is 20.3. The van der Waals surface area contributed by atoms with Gasteiger partial charge in [-0.3, -0.25) is 4.79 Å². The number of anilines is 1. The number of hydrogen-bond acceptors (Lipinski definition) is 7. The molecular formula is C20H14BrClN4O4S. The molecule has 31 heavy (non-hydrogen) atoms. The van der Waals surface area contributed by atoms with Gasteiger partial charge < -0.3 is 14.6 Å². The number of halogens is 2. The maximum Gasteiger partial charge on any atom is 0.294 e. The molecule has 1 amide bonds. The minimum atomic E-state index is -0.815. The summed E-state index contributed by atoms with van der Waals surface area (Å²) in [5.41, 5.74) is 1.93. The highest BCUT2D eigenvalue weighted by molar-refractivity contribution is 9.10. The van der Waals surface area contributed by atoms with E-state index in [4.69, 9.17) is 21.1 Å². The second kappa shape index (κ2) is 7.54. The molecule has 5 rings (SSSR count). The molecule has 11 heteroatoms. The molecule has 1 unspecified atom stereocenters. The van der Waals surface area contributed by atoms with Gasteiger partial charge in [0.15, 0.2) is 11.5 Å². The zero-order valence-corrected chi connectivity index (χ0v) is 19.4. The quantitative estimate of drug-likeness (QED) is 0.377. The maximum atomic E-state index is 13.1. The highest BCUT2D eigenvalue weighted by Gasteiger charge is 2.45. The summed E-state index contributed by atoms with van der Waals surface area (Å²) in [5.74, 6) is 0.347. The van der Waals surface area contributed by atoms with Crippen LogP contribution < -0.4 is 24.2 Å². The number of carbonyl (C=O) groups excluding carboxylic acids is 1. The molecule has 3 heterocycles. The van der Waals surface area contributed by atoms with E-state index in [1.807, 2.05) is 6.07 Å². The third-order valence-corrected chi connectivity index (χ3v) is 6.42. The lowest BCUT2D eigenvalue weighted by atomic mass is 10.0. The van der Waals surface area contributed by atoms with Gasteiger partial charge in [-0.25, -0.2) is 9.88 Å². The van der Waals surface area contributed by atoms with Crippen LogP contribution in [-0.2, 0) is 4.79 Å². The summed E-state index contributed by atoms with van der Waals surface area (Å²) in [6.45, 7) is 1.54. The molecule has 0 spiro atoms. The molecule has 0 bridgehead atoms. The van der Waals surface area contributed by atoms with Crippen LogP contribution in [0, 0.1) is 0 Å². The van der Waals surface area contributed by atoms with Crippen molar-refractivity contribution in [3.05, 3.63) is 45.4 Å². The lowest BCUT2D eigenvalue weighted by Crippen LogP contribution is -2.58. The van der Waals surface area contributed by atoms with E-state index < -0.39 is 12.0 Å². The van der Waals surface area contributed by atoms with Crippen LogP contribution in [0.1, 0.15) is 18.7 Å². The van der Waals surface area contributed by atoms with Gasteiger partial charge in [0.2, 0.25) is 12.7 Å². The van der Waals surface area contributed by atoms with Crippen molar-refractivity contribution < 1.29 is 24.1 Å². The Balaban J connectivity index is 1.85. The molecule has 1 atom stereocenters. The molecule has 2 aliphatic rings. The van der Waals surface area contributed by atoms with Crippen molar-refractivity contribution in [1.82, 2.24) is 10.1 Å². The molecule has 1 aromatic heterocycles. The standard InChI is InChI=1S/C20H14BrClN4O4S/c1-9(27)25-14-4-3-10(21)5-12(14)17-18(28)23-20(31-2)24-26(17)19(25)11-6-15-16(7-13(11)22)30-8-29-15/h3-7,19H,8H2,1-2H3. The number of aromatic nitrogens is 3. The molecule has 0 aliphatic carbocycles. The fourth-order valence-electron chi connectivity index (χ4n) is 3.80. The van der Waals surface area contributed by atoms with Crippen molar-refractivity contribution >= 4 is 50.9 Å². The Morgan fingerprint density at radius 1 is 1.32 bits per heavy atom. The predicted molar refractivity (Wildman–Crippen MR) is 115 cm³/mol. The minimum Gasteiger partial charge on any atom is -0.854 e. The third-order valence-electron chi connectivity index (χ3n) is 5.06. The Labute approximate surface area is 194 Å². The van der Waals surface area contributed by atoms with Crippen LogP contribution in [0.3, 0.4) is 0 Å². The first-order chi connectivity index (χ1) is 14.9. The van der Waals surface area contributed by atoms with E-state index in [0.717, 1.165) is 4.47 Å². The second-order valence-corrected chi connectivity index (χ2v) is 8.94. The topological polar surface area (TPSA) is 91.5 Å². The Bertz CT molecular complexity index is 1260. The van der Waals surface area contributed by atoms with Crippen LogP contribution in [-0.4, -0.2) is 29.0 Å². The SMILES string of the molecule is CSc1nc([O-])c2[n+](n1)C(c1cc3c(cc1Cl)OCO3)N(C(C)=O)c1ccc(Br)cc1-2. The number of thioether (sulfide) groups is 1. The van der Waals surface area contributed by atoms with Gasteiger partial charge in [-0.2, -0.15) is 0 Å². The zero-order chi connectivity index (χ0) is 21.9. The molecule has 0 radical (unpaired) electrons. The molecule has 158 valence electrons. The molecule has 0 fully saturated rings. The van der Waals surface area contributed by atoms with Gasteiger partial charge >= 0.3 is 0 Å². The van der Waals surface area contributed by atoms with Gasteiger partial charge in [-0.05, 0) is 30.5 Å². The Kier molecular flexibility index (Phi) is 4.95. The molecule has 0 N–H and O–H groups in total. The fraction of sp³-hybridized carbons (Fsp3) is 0.200.